The molecule has 0 atom stereocenters. The van der Waals surface area contributed by atoms with Crippen molar-refractivity contribution >= 4 is 40.5 Å². The summed E-state index contributed by atoms with van der Waals surface area (Å²) >= 11 is 6.56. The Labute approximate surface area is 265 Å². The molecule has 0 saturated carbocycles. The molecule has 0 unspecified atom stereocenters. The van der Waals surface area contributed by atoms with Crippen molar-refractivity contribution in [3.63, 3.8) is 0 Å². The van der Waals surface area contributed by atoms with Gasteiger partial charge in [-0.2, -0.15) is 0 Å². The van der Waals surface area contributed by atoms with Gasteiger partial charge in [-0.15, -0.1) is 0 Å². The van der Waals surface area contributed by atoms with Crippen molar-refractivity contribution in [3.8, 4) is 17.0 Å². The monoisotopic (exact) mass is 633 g/mol. The van der Waals surface area contributed by atoms with Crippen LogP contribution in [0.4, 0.5) is 17.1 Å². The molecule has 0 bridgehead atoms. The molecule has 0 spiro atoms. The molecule has 1 fully saturated rings. The Kier molecular flexibility index (Phi) is 9.59. The van der Waals surface area contributed by atoms with Crippen molar-refractivity contribution in [1.29, 1.82) is 0 Å². The van der Waals surface area contributed by atoms with Gasteiger partial charge in [-0.1, -0.05) is 41.0 Å². The van der Waals surface area contributed by atoms with Crippen molar-refractivity contribution in [2.24, 2.45) is 0 Å². The van der Waals surface area contributed by atoms with Crippen LogP contribution in [0.15, 0.2) is 65.2 Å². The summed E-state index contributed by atoms with van der Waals surface area (Å²) in [6, 6.07) is 17.3. The standard InChI is InChI=1S/C32H34ClN6O6/c1-20-29(30(35-45-20)23-7-5-6-8-28(23)44-4)32(41)38-15-13-37(14-16-38)26-18-25(27(39(42)43)17-24(26)33)34-31(40)22-11-9-21(10-12-22)19-36(2)3/h5-12,17-18,42H,13-16,19H2,1-4H3,(H,34,40)/q-1. The molecule has 0 aliphatic carbocycles. The number of aromatic nitrogens is 1. The maximum Gasteiger partial charge on any atom is 0.259 e. The van der Waals surface area contributed by atoms with Gasteiger partial charge in [-0.3, -0.25) is 14.8 Å². The predicted octanol–water partition coefficient (Wildman–Crippen LogP) is 5.28. The minimum absolute atomic E-state index is 0.0920. The van der Waals surface area contributed by atoms with Gasteiger partial charge in [0.15, 0.2) is 0 Å². The lowest BCUT2D eigenvalue weighted by molar-refractivity contribution is 0.0745. The molecule has 4 aromatic rings. The second-order valence-electron chi connectivity index (χ2n) is 10.9. The Balaban J connectivity index is 1.33. The Morgan fingerprint density at radius 3 is 2.42 bits per heavy atom. The number of ether oxygens (including phenoxy) is 1. The van der Waals surface area contributed by atoms with E-state index in [1.54, 1.807) is 43.2 Å². The third-order valence-corrected chi connectivity index (χ3v) is 7.88. The van der Waals surface area contributed by atoms with E-state index in [0.29, 0.717) is 65.8 Å². The second-order valence-corrected chi connectivity index (χ2v) is 11.3. The SMILES string of the molecule is COc1ccccc1-c1noc(C)c1C(=O)N1CCN(c2cc(NC(=O)c3ccc(CN(C)C)cc3)c(N([O-])O)cc2Cl)CC1. The molecule has 45 heavy (non-hydrogen) atoms. The highest BCUT2D eigenvalue weighted by Crippen LogP contribution is 2.38. The van der Waals surface area contributed by atoms with Gasteiger partial charge in [0, 0.05) is 43.9 Å². The zero-order chi connectivity index (χ0) is 32.2. The van der Waals surface area contributed by atoms with Crippen molar-refractivity contribution < 1.29 is 24.1 Å². The minimum atomic E-state index is -0.451. The highest BCUT2D eigenvalue weighted by atomic mass is 35.5. The number of carbonyl (C=O) groups excluding carboxylic acids is 2. The molecule has 3 aromatic carbocycles. The first-order valence-corrected chi connectivity index (χ1v) is 14.6. The summed E-state index contributed by atoms with van der Waals surface area (Å²) in [5, 5.41) is 28.5. The number of halogens is 1. The van der Waals surface area contributed by atoms with Crippen LogP contribution in [0.2, 0.25) is 5.02 Å². The van der Waals surface area contributed by atoms with Crippen LogP contribution in [-0.2, 0) is 6.54 Å². The first-order chi connectivity index (χ1) is 21.6. The molecule has 2 N–H and O–H groups in total. The van der Waals surface area contributed by atoms with Crippen LogP contribution in [0.5, 0.6) is 5.75 Å². The molecule has 0 radical (unpaired) electrons. The summed E-state index contributed by atoms with van der Waals surface area (Å²) < 4.78 is 10.9. The Bertz CT molecular complexity index is 1680. The van der Waals surface area contributed by atoms with E-state index >= 15 is 0 Å². The van der Waals surface area contributed by atoms with Crippen LogP contribution < -0.4 is 20.2 Å². The lowest BCUT2D eigenvalue weighted by Crippen LogP contribution is -2.49. The summed E-state index contributed by atoms with van der Waals surface area (Å²) in [6.07, 6.45) is 0. The average molecular weight is 634 g/mol. The number of carbonyl (C=O) groups is 2. The summed E-state index contributed by atoms with van der Waals surface area (Å²) in [5.74, 6) is 0.308. The van der Waals surface area contributed by atoms with Crippen LogP contribution in [-0.4, -0.2) is 79.4 Å². The molecule has 1 saturated heterocycles. The molecular weight excluding hydrogens is 600 g/mol. The summed E-state index contributed by atoms with van der Waals surface area (Å²) in [5.41, 5.74) is 3.29. The number of hydrogen-bond acceptors (Lipinski definition) is 10. The normalized spacial score (nSPS) is 13.2. The first-order valence-electron chi connectivity index (χ1n) is 14.3. The number of anilines is 3. The summed E-state index contributed by atoms with van der Waals surface area (Å²) in [4.78, 5) is 32.5. The summed E-state index contributed by atoms with van der Waals surface area (Å²) in [7, 11) is 5.47. The molecule has 5 rings (SSSR count). The van der Waals surface area contributed by atoms with Crippen LogP contribution in [0, 0.1) is 12.1 Å². The van der Waals surface area contributed by atoms with E-state index in [9.17, 15) is 20.0 Å². The van der Waals surface area contributed by atoms with E-state index in [1.807, 2.05) is 54.2 Å². The molecule has 1 aliphatic heterocycles. The Hall–Kier alpha value is -4.62. The number of methoxy groups -OCH3 is 1. The van der Waals surface area contributed by atoms with E-state index in [-0.39, 0.29) is 27.5 Å². The van der Waals surface area contributed by atoms with Crippen molar-refractivity contribution in [3.05, 3.63) is 93.3 Å². The zero-order valence-electron chi connectivity index (χ0n) is 25.4. The van der Waals surface area contributed by atoms with E-state index in [2.05, 4.69) is 10.5 Å². The van der Waals surface area contributed by atoms with Gasteiger partial charge in [0.25, 0.3) is 11.8 Å². The van der Waals surface area contributed by atoms with Crippen LogP contribution in [0.1, 0.15) is 32.0 Å². The van der Waals surface area contributed by atoms with E-state index in [1.165, 1.54) is 6.07 Å². The summed E-state index contributed by atoms with van der Waals surface area (Å²) in [6.45, 7) is 3.98. The van der Waals surface area contributed by atoms with Crippen molar-refractivity contribution in [1.82, 2.24) is 15.0 Å². The Morgan fingerprint density at radius 1 is 1.09 bits per heavy atom. The van der Waals surface area contributed by atoms with E-state index in [0.717, 1.165) is 12.1 Å². The third-order valence-electron chi connectivity index (χ3n) is 7.58. The van der Waals surface area contributed by atoms with Crippen LogP contribution >= 0.6 is 11.6 Å². The number of amides is 2. The molecule has 1 aliphatic rings. The maximum absolute atomic E-state index is 13.7. The van der Waals surface area contributed by atoms with Crippen molar-refractivity contribution in [2.75, 3.05) is 62.8 Å². The average Bonchev–Trinajstić information content (AvgIpc) is 3.42. The number of benzene rings is 3. The third kappa shape index (κ3) is 6.89. The van der Waals surface area contributed by atoms with Crippen molar-refractivity contribution in [2.45, 2.75) is 13.5 Å². The fraction of sp³-hybridized carbons (Fsp3) is 0.281. The van der Waals surface area contributed by atoms with Gasteiger partial charge < -0.3 is 39.7 Å². The second kappa shape index (κ2) is 13.6. The van der Waals surface area contributed by atoms with E-state index in [4.69, 9.17) is 20.9 Å². The lowest BCUT2D eigenvalue weighted by Gasteiger charge is -2.37. The number of piperazine rings is 1. The van der Waals surface area contributed by atoms with Gasteiger partial charge >= 0.3 is 0 Å². The molecule has 12 nitrogen and oxygen atoms in total. The fourth-order valence-corrected chi connectivity index (χ4v) is 5.61. The number of aryl methyl sites for hydroxylation is 1. The molecule has 13 heteroatoms. The van der Waals surface area contributed by atoms with Gasteiger partial charge in [0.05, 0.1) is 29.2 Å². The molecule has 2 amide bonds. The molecule has 236 valence electrons. The number of nitrogens with zero attached hydrogens (tertiary/aromatic N) is 5. The maximum atomic E-state index is 13.7. The van der Waals surface area contributed by atoms with Gasteiger partial charge in [0.1, 0.15) is 22.8 Å². The van der Waals surface area contributed by atoms with Crippen LogP contribution in [0.25, 0.3) is 11.3 Å². The predicted molar refractivity (Wildman–Crippen MR) is 172 cm³/mol. The molecular formula is C32H34ClN6O6-. The zero-order valence-corrected chi connectivity index (χ0v) is 26.2. The largest absolute Gasteiger partial charge is 0.733 e. The van der Waals surface area contributed by atoms with Gasteiger partial charge in [0.2, 0.25) is 0 Å². The number of para-hydroxylation sites is 1. The van der Waals surface area contributed by atoms with Crippen LogP contribution in [0.3, 0.4) is 0 Å². The molecule has 1 aromatic heterocycles. The highest BCUT2D eigenvalue weighted by Gasteiger charge is 2.30. The highest BCUT2D eigenvalue weighted by molar-refractivity contribution is 6.34. The van der Waals surface area contributed by atoms with E-state index < -0.39 is 5.91 Å². The number of rotatable bonds is 9. The first kappa shape index (κ1) is 31.8. The molecule has 2 heterocycles. The Morgan fingerprint density at radius 2 is 1.78 bits per heavy atom. The lowest BCUT2D eigenvalue weighted by atomic mass is 10.0. The minimum Gasteiger partial charge on any atom is -0.733 e. The number of nitrogens with one attached hydrogen (secondary N) is 1. The smallest absolute Gasteiger partial charge is 0.259 e. The quantitative estimate of drug-likeness (QED) is 0.234. The fourth-order valence-electron chi connectivity index (χ4n) is 5.33. The van der Waals surface area contributed by atoms with Gasteiger partial charge in [-0.05, 0) is 63.0 Å². The number of hydrogen-bond donors (Lipinski definition) is 2. The van der Waals surface area contributed by atoms with Gasteiger partial charge in [-0.25, -0.2) is 0 Å². The topological polar surface area (TPSA) is 138 Å².